The molecule has 0 saturated carbocycles. The standard InChI is InChI=1S/C22H21N3O2/c26-19(10-9-18-12-15-24-22-20(18)13-16-25-22)7-4-14-23-21(27)11-8-17-5-2-1-3-6-17/h1-3,5-6,12-13,15-16H,4,7,9-10,14H2,(H,23,27)(H,24,25). The molecule has 0 fully saturated rings. The summed E-state index contributed by atoms with van der Waals surface area (Å²) in [5.41, 5.74) is 2.77. The van der Waals surface area contributed by atoms with Gasteiger partial charge in [-0.05, 0) is 42.7 Å². The Hall–Kier alpha value is -3.39. The van der Waals surface area contributed by atoms with Crippen molar-refractivity contribution in [2.24, 2.45) is 0 Å². The van der Waals surface area contributed by atoms with E-state index >= 15 is 0 Å². The van der Waals surface area contributed by atoms with Crippen LogP contribution in [-0.4, -0.2) is 28.2 Å². The minimum Gasteiger partial charge on any atom is -0.346 e. The lowest BCUT2D eigenvalue weighted by atomic mass is 10.0. The highest BCUT2D eigenvalue weighted by atomic mass is 16.1. The van der Waals surface area contributed by atoms with Crippen LogP contribution in [0.25, 0.3) is 11.0 Å². The van der Waals surface area contributed by atoms with E-state index in [0.29, 0.717) is 32.2 Å². The van der Waals surface area contributed by atoms with Gasteiger partial charge in [-0.2, -0.15) is 0 Å². The highest BCUT2D eigenvalue weighted by Gasteiger charge is 2.07. The lowest BCUT2D eigenvalue weighted by Gasteiger charge is -2.04. The maximum absolute atomic E-state index is 12.1. The van der Waals surface area contributed by atoms with Crippen LogP contribution < -0.4 is 5.32 Å². The van der Waals surface area contributed by atoms with Crippen LogP contribution in [0.3, 0.4) is 0 Å². The van der Waals surface area contributed by atoms with Crippen LogP contribution >= 0.6 is 0 Å². The van der Waals surface area contributed by atoms with Crippen LogP contribution in [0.15, 0.2) is 54.9 Å². The molecule has 5 nitrogen and oxygen atoms in total. The number of aromatic nitrogens is 2. The second-order valence-electron chi connectivity index (χ2n) is 6.22. The van der Waals surface area contributed by atoms with Gasteiger partial charge in [-0.25, -0.2) is 4.98 Å². The fourth-order valence-corrected chi connectivity index (χ4v) is 2.82. The van der Waals surface area contributed by atoms with Crippen molar-refractivity contribution in [2.45, 2.75) is 25.7 Å². The molecule has 0 aliphatic carbocycles. The highest BCUT2D eigenvalue weighted by Crippen LogP contribution is 2.17. The van der Waals surface area contributed by atoms with E-state index in [4.69, 9.17) is 0 Å². The summed E-state index contributed by atoms with van der Waals surface area (Å²) < 4.78 is 0. The van der Waals surface area contributed by atoms with Gasteiger partial charge in [-0.15, -0.1) is 0 Å². The normalized spacial score (nSPS) is 10.2. The number of aromatic amines is 1. The predicted octanol–water partition coefficient (Wildman–Crippen LogP) is 3.01. The predicted molar refractivity (Wildman–Crippen MR) is 105 cm³/mol. The fourth-order valence-electron chi connectivity index (χ4n) is 2.82. The molecule has 27 heavy (non-hydrogen) atoms. The summed E-state index contributed by atoms with van der Waals surface area (Å²) >= 11 is 0. The van der Waals surface area contributed by atoms with Crippen LogP contribution in [0.5, 0.6) is 0 Å². The molecule has 5 heteroatoms. The Balaban J connectivity index is 1.36. The van der Waals surface area contributed by atoms with E-state index in [2.05, 4.69) is 27.1 Å². The number of rotatable bonds is 7. The lowest BCUT2D eigenvalue weighted by molar-refractivity contribution is -0.119. The molecule has 136 valence electrons. The van der Waals surface area contributed by atoms with Crippen molar-refractivity contribution in [3.8, 4) is 11.8 Å². The number of benzene rings is 1. The molecule has 0 bridgehead atoms. The molecule has 2 aromatic heterocycles. The van der Waals surface area contributed by atoms with Crippen LogP contribution in [0.2, 0.25) is 0 Å². The van der Waals surface area contributed by atoms with Crippen molar-refractivity contribution in [1.29, 1.82) is 0 Å². The quantitative estimate of drug-likeness (QED) is 0.503. The van der Waals surface area contributed by atoms with E-state index in [0.717, 1.165) is 22.2 Å². The first-order chi connectivity index (χ1) is 13.2. The minimum absolute atomic E-state index is 0.195. The van der Waals surface area contributed by atoms with Gasteiger partial charge in [0, 0.05) is 48.7 Å². The average Bonchev–Trinajstić information content (AvgIpc) is 3.18. The Labute approximate surface area is 158 Å². The van der Waals surface area contributed by atoms with Crippen LogP contribution in [-0.2, 0) is 16.0 Å². The first-order valence-corrected chi connectivity index (χ1v) is 9.00. The second-order valence-corrected chi connectivity index (χ2v) is 6.22. The Morgan fingerprint density at radius 1 is 1.07 bits per heavy atom. The third kappa shape index (κ3) is 5.55. The first kappa shape index (κ1) is 18.4. The zero-order valence-electron chi connectivity index (χ0n) is 15.0. The maximum Gasteiger partial charge on any atom is 0.296 e. The number of hydrogen-bond acceptors (Lipinski definition) is 3. The van der Waals surface area contributed by atoms with Crippen molar-refractivity contribution in [3.63, 3.8) is 0 Å². The summed E-state index contributed by atoms with van der Waals surface area (Å²) in [6.07, 6.45) is 5.87. The molecule has 0 spiro atoms. The van der Waals surface area contributed by atoms with Gasteiger partial charge in [0.15, 0.2) is 0 Å². The molecule has 0 aliphatic heterocycles. The highest BCUT2D eigenvalue weighted by molar-refractivity contribution is 5.94. The Morgan fingerprint density at radius 2 is 1.93 bits per heavy atom. The van der Waals surface area contributed by atoms with Gasteiger partial charge in [0.1, 0.15) is 11.4 Å². The van der Waals surface area contributed by atoms with E-state index in [-0.39, 0.29) is 11.7 Å². The van der Waals surface area contributed by atoms with Crippen molar-refractivity contribution < 1.29 is 9.59 Å². The smallest absolute Gasteiger partial charge is 0.296 e. The molecule has 3 aromatic rings. The molecule has 0 radical (unpaired) electrons. The summed E-state index contributed by atoms with van der Waals surface area (Å²) in [6, 6.07) is 13.3. The third-order valence-corrected chi connectivity index (χ3v) is 4.24. The molecule has 1 amide bonds. The number of fused-ring (bicyclic) bond motifs is 1. The maximum atomic E-state index is 12.1. The molecule has 0 saturated heterocycles. The minimum atomic E-state index is -0.321. The third-order valence-electron chi connectivity index (χ3n) is 4.24. The summed E-state index contributed by atoms with van der Waals surface area (Å²) in [5.74, 6) is 5.24. The molecule has 0 atom stereocenters. The lowest BCUT2D eigenvalue weighted by Crippen LogP contribution is -2.23. The van der Waals surface area contributed by atoms with Crippen molar-refractivity contribution in [3.05, 3.63) is 66.0 Å². The average molecular weight is 359 g/mol. The number of nitrogens with zero attached hydrogens (tertiary/aromatic N) is 1. The van der Waals surface area contributed by atoms with Crippen LogP contribution in [0.4, 0.5) is 0 Å². The molecule has 2 heterocycles. The number of aryl methyl sites for hydroxylation is 1. The molecule has 0 unspecified atom stereocenters. The van der Waals surface area contributed by atoms with Crippen LogP contribution in [0, 0.1) is 11.8 Å². The Morgan fingerprint density at radius 3 is 2.78 bits per heavy atom. The number of pyridine rings is 1. The molecule has 0 aliphatic rings. The zero-order valence-corrected chi connectivity index (χ0v) is 15.0. The number of amides is 1. The Bertz CT molecular complexity index is 981. The van der Waals surface area contributed by atoms with E-state index in [1.165, 1.54) is 0 Å². The largest absolute Gasteiger partial charge is 0.346 e. The zero-order chi connectivity index (χ0) is 18.9. The number of carbonyl (C=O) groups excluding carboxylic acids is 2. The topological polar surface area (TPSA) is 74.8 Å². The molecule has 3 rings (SSSR count). The van der Waals surface area contributed by atoms with Crippen molar-refractivity contribution in [1.82, 2.24) is 15.3 Å². The first-order valence-electron chi connectivity index (χ1n) is 9.00. The monoisotopic (exact) mass is 359 g/mol. The number of nitrogens with one attached hydrogen (secondary N) is 2. The van der Waals surface area contributed by atoms with Gasteiger partial charge in [-0.3, -0.25) is 9.59 Å². The number of Topliss-reactive ketones (excluding diaryl/α,β-unsaturated/α-hetero) is 1. The summed E-state index contributed by atoms with van der Waals surface area (Å²) in [5, 5.41) is 3.79. The molecule has 1 aromatic carbocycles. The van der Waals surface area contributed by atoms with Gasteiger partial charge in [0.25, 0.3) is 5.91 Å². The van der Waals surface area contributed by atoms with Gasteiger partial charge < -0.3 is 10.3 Å². The number of carbonyl (C=O) groups is 2. The SMILES string of the molecule is O=C(CCCNC(=O)C#Cc1ccccc1)CCc1ccnc2[nH]ccc12. The summed E-state index contributed by atoms with van der Waals surface area (Å²) in [7, 11) is 0. The second kappa shape index (κ2) is 9.35. The van der Waals surface area contributed by atoms with Gasteiger partial charge >= 0.3 is 0 Å². The van der Waals surface area contributed by atoms with E-state index in [1.54, 1.807) is 6.20 Å². The van der Waals surface area contributed by atoms with Gasteiger partial charge in [-0.1, -0.05) is 24.1 Å². The Kier molecular flexibility index (Phi) is 6.37. The summed E-state index contributed by atoms with van der Waals surface area (Å²) in [4.78, 5) is 31.1. The molecular formula is C22H21N3O2. The van der Waals surface area contributed by atoms with Crippen LogP contribution in [0.1, 0.15) is 30.4 Å². The molecular weight excluding hydrogens is 338 g/mol. The van der Waals surface area contributed by atoms with E-state index in [9.17, 15) is 9.59 Å². The molecule has 2 N–H and O–H groups in total. The van der Waals surface area contributed by atoms with Gasteiger partial charge in [0.05, 0.1) is 0 Å². The number of hydrogen-bond donors (Lipinski definition) is 2. The summed E-state index contributed by atoms with van der Waals surface area (Å²) in [6.45, 7) is 0.450. The fraction of sp³-hybridized carbons (Fsp3) is 0.227. The van der Waals surface area contributed by atoms with Gasteiger partial charge in [0.2, 0.25) is 0 Å². The number of ketones is 1. The van der Waals surface area contributed by atoms with E-state index in [1.807, 2.05) is 48.7 Å². The van der Waals surface area contributed by atoms with Crippen molar-refractivity contribution >= 4 is 22.7 Å². The van der Waals surface area contributed by atoms with E-state index < -0.39 is 0 Å². The van der Waals surface area contributed by atoms with Crippen molar-refractivity contribution in [2.75, 3.05) is 6.54 Å². The number of H-pyrrole nitrogens is 1.